The fourth-order valence-corrected chi connectivity index (χ4v) is 3.27. The third-order valence-corrected chi connectivity index (χ3v) is 4.47. The first-order valence-electron chi connectivity index (χ1n) is 6.99. The normalized spacial score (nSPS) is 23.9. The molecule has 1 aliphatic heterocycles. The Bertz CT molecular complexity index is 597. The molecule has 1 atom stereocenters. The van der Waals surface area contributed by atoms with Gasteiger partial charge in [0, 0.05) is 25.1 Å². The summed E-state index contributed by atoms with van der Waals surface area (Å²) >= 11 is 0. The number of piperidine rings is 1. The van der Waals surface area contributed by atoms with Gasteiger partial charge in [-0.25, -0.2) is 9.37 Å². The summed E-state index contributed by atoms with van der Waals surface area (Å²) in [4.78, 5) is 4.72. The summed E-state index contributed by atoms with van der Waals surface area (Å²) in [6.07, 6.45) is 3.38. The number of halogens is 1. The van der Waals surface area contributed by atoms with Crippen molar-refractivity contribution in [3.63, 3.8) is 0 Å². The van der Waals surface area contributed by atoms with E-state index in [0.717, 1.165) is 42.8 Å². The van der Waals surface area contributed by atoms with E-state index in [9.17, 15) is 4.39 Å². The lowest BCUT2D eigenvalue weighted by atomic mass is 9.77. The predicted molar refractivity (Wildman–Crippen MR) is 74.7 cm³/mol. The van der Waals surface area contributed by atoms with Gasteiger partial charge in [0.2, 0.25) is 0 Å². The van der Waals surface area contributed by atoms with Crippen molar-refractivity contribution in [2.24, 2.45) is 7.05 Å². The van der Waals surface area contributed by atoms with Crippen molar-refractivity contribution in [1.82, 2.24) is 14.9 Å². The van der Waals surface area contributed by atoms with Crippen LogP contribution < -0.4 is 5.32 Å². The van der Waals surface area contributed by atoms with Gasteiger partial charge in [-0.05, 0) is 37.9 Å². The summed E-state index contributed by atoms with van der Waals surface area (Å²) in [5, 5.41) is 3.48. The first-order valence-corrected chi connectivity index (χ1v) is 6.99. The minimum Gasteiger partial charge on any atom is -0.331 e. The molecule has 1 saturated heterocycles. The second-order valence-corrected chi connectivity index (χ2v) is 5.54. The molecule has 1 aromatic heterocycles. The molecule has 102 valence electrons. The molecule has 0 aliphatic carbocycles. The molecular formula is C15H20FN3. The monoisotopic (exact) mass is 261 g/mol. The quantitative estimate of drug-likeness (QED) is 0.901. The van der Waals surface area contributed by atoms with E-state index in [4.69, 9.17) is 4.98 Å². The third-order valence-electron chi connectivity index (χ3n) is 4.47. The zero-order valence-electron chi connectivity index (χ0n) is 11.5. The van der Waals surface area contributed by atoms with Crippen LogP contribution >= 0.6 is 0 Å². The number of rotatable bonds is 2. The van der Waals surface area contributed by atoms with Gasteiger partial charge in [0.05, 0.1) is 11.0 Å². The Labute approximate surface area is 112 Å². The summed E-state index contributed by atoms with van der Waals surface area (Å²) in [6, 6.07) is 4.85. The molecule has 0 amide bonds. The number of aromatic nitrogens is 2. The number of nitrogens with one attached hydrogen (secondary N) is 1. The van der Waals surface area contributed by atoms with E-state index in [1.807, 2.05) is 13.1 Å². The molecule has 4 heteroatoms. The predicted octanol–water partition coefficient (Wildman–Crippen LogP) is 2.74. The van der Waals surface area contributed by atoms with E-state index in [2.05, 4.69) is 16.8 Å². The van der Waals surface area contributed by atoms with Crippen molar-refractivity contribution in [1.29, 1.82) is 0 Å². The van der Waals surface area contributed by atoms with Gasteiger partial charge in [0.25, 0.3) is 0 Å². The van der Waals surface area contributed by atoms with E-state index in [1.54, 1.807) is 0 Å². The number of hydrogen-bond acceptors (Lipinski definition) is 2. The SMILES string of the molecule is CCC1(c2nc3cc(F)ccc3n2C)CCCNC1. The summed E-state index contributed by atoms with van der Waals surface area (Å²) < 4.78 is 15.5. The van der Waals surface area contributed by atoms with E-state index in [-0.39, 0.29) is 11.2 Å². The Kier molecular flexibility index (Phi) is 3.05. The average molecular weight is 261 g/mol. The van der Waals surface area contributed by atoms with E-state index >= 15 is 0 Å². The minimum absolute atomic E-state index is 0.0858. The second-order valence-electron chi connectivity index (χ2n) is 5.54. The van der Waals surface area contributed by atoms with Gasteiger partial charge in [0.1, 0.15) is 11.6 Å². The van der Waals surface area contributed by atoms with Crippen LogP contribution in [-0.2, 0) is 12.5 Å². The number of benzene rings is 1. The van der Waals surface area contributed by atoms with Gasteiger partial charge in [-0.15, -0.1) is 0 Å². The van der Waals surface area contributed by atoms with Crippen LogP contribution in [0.25, 0.3) is 11.0 Å². The van der Waals surface area contributed by atoms with Crippen LogP contribution in [0, 0.1) is 5.82 Å². The smallest absolute Gasteiger partial charge is 0.125 e. The Morgan fingerprint density at radius 2 is 2.32 bits per heavy atom. The maximum Gasteiger partial charge on any atom is 0.125 e. The molecule has 1 unspecified atom stereocenters. The maximum atomic E-state index is 13.3. The molecule has 1 fully saturated rings. The maximum absolute atomic E-state index is 13.3. The van der Waals surface area contributed by atoms with Crippen LogP contribution in [-0.4, -0.2) is 22.6 Å². The van der Waals surface area contributed by atoms with Crippen molar-refractivity contribution in [2.75, 3.05) is 13.1 Å². The lowest BCUT2D eigenvalue weighted by Crippen LogP contribution is -2.44. The molecule has 2 aromatic rings. The van der Waals surface area contributed by atoms with Gasteiger partial charge in [-0.3, -0.25) is 0 Å². The fourth-order valence-electron chi connectivity index (χ4n) is 3.27. The topological polar surface area (TPSA) is 29.9 Å². The first kappa shape index (κ1) is 12.6. The number of imidazole rings is 1. The molecule has 19 heavy (non-hydrogen) atoms. The molecule has 0 saturated carbocycles. The molecule has 0 radical (unpaired) electrons. The molecule has 0 bridgehead atoms. The van der Waals surface area contributed by atoms with Gasteiger partial charge in [0.15, 0.2) is 0 Å². The van der Waals surface area contributed by atoms with Crippen LogP contribution in [0.1, 0.15) is 32.0 Å². The molecule has 3 rings (SSSR count). The zero-order valence-corrected chi connectivity index (χ0v) is 11.5. The number of hydrogen-bond donors (Lipinski definition) is 1. The van der Waals surface area contributed by atoms with Crippen LogP contribution in [0.4, 0.5) is 4.39 Å². The van der Waals surface area contributed by atoms with Gasteiger partial charge >= 0.3 is 0 Å². The van der Waals surface area contributed by atoms with Crippen LogP contribution in [0.2, 0.25) is 0 Å². The van der Waals surface area contributed by atoms with Gasteiger partial charge in [-0.1, -0.05) is 6.92 Å². The summed E-state index contributed by atoms with van der Waals surface area (Å²) in [5.41, 5.74) is 1.85. The second kappa shape index (κ2) is 4.60. The molecular weight excluding hydrogens is 241 g/mol. The van der Waals surface area contributed by atoms with Crippen molar-refractivity contribution in [3.05, 3.63) is 29.8 Å². The Balaban J connectivity index is 2.15. The van der Waals surface area contributed by atoms with Gasteiger partial charge in [-0.2, -0.15) is 0 Å². The Morgan fingerprint density at radius 3 is 3.00 bits per heavy atom. The first-order chi connectivity index (χ1) is 9.16. The highest BCUT2D eigenvalue weighted by molar-refractivity contribution is 5.76. The standard InChI is InChI=1S/C15H20FN3/c1-3-15(7-4-8-17-10-15)14-18-12-9-11(16)5-6-13(12)19(14)2/h5-6,9,17H,3-4,7-8,10H2,1-2H3. The molecule has 0 spiro atoms. The highest BCUT2D eigenvalue weighted by atomic mass is 19.1. The Morgan fingerprint density at radius 1 is 1.47 bits per heavy atom. The van der Waals surface area contributed by atoms with E-state index in [0.29, 0.717) is 0 Å². The molecule has 1 aromatic carbocycles. The van der Waals surface area contributed by atoms with E-state index < -0.39 is 0 Å². The van der Waals surface area contributed by atoms with Gasteiger partial charge < -0.3 is 9.88 Å². The summed E-state index contributed by atoms with van der Waals surface area (Å²) in [5.74, 6) is 0.868. The number of nitrogens with zero attached hydrogens (tertiary/aromatic N) is 2. The number of fused-ring (bicyclic) bond motifs is 1. The highest BCUT2D eigenvalue weighted by Gasteiger charge is 2.36. The molecule has 3 nitrogen and oxygen atoms in total. The van der Waals surface area contributed by atoms with Crippen molar-refractivity contribution >= 4 is 11.0 Å². The zero-order chi connectivity index (χ0) is 13.5. The largest absolute Gasteiger partial charge is 0.331 e. The van der Waals surface area contributed by atoms with Crippen LogP contribution in [0.15, 0.2) is 18.2 Å². The molecule has 1 N–H and O–H groups in total. The van der Waals surface area contributed by atoms with Crippen molar-refractivity contribution in [2.45, 2.75) is 31.6 Å². The van der Waals surface area contributed by atoms with Crippen molar-refractivity contribution < 1.29 is 4.39 Å². The summed E-state index contributed by atoms with van der Waals surface area (Å²) in [6.45, 7) is 4.26. The molecule has 2 heterocycles. The van der Waals surface area contributed by atoms with Crippen LogP contribution in [0.3, 0.4) is 0 Å². The average Bonchev–Trinajstić information content (AvgIpc) is 2.77. The lowest BCUT2D eigenvalue weighted by Gasteiger charge is -2.36. The van der Waals surface area contributed by atoms with Crippen LogP contribution in [0.5, 0.6) is 0 Å². The minimum atomic E-state index is -0.218. The third kappa shape index (κ3) is 1.94. The fraction of sp³-hybridized carbons (Fsp3) is 0.533. The van der Waals surface area contributed by atoms with E-state index in [1.165, 1.54) is 18.6 Å². The highest BCUT2D eigenvalue weighted by Crippen LogP contribution is 2.35. The Hall–Kier alpha value is -1.42. The molecule has 1 aliphatic rings. The lowest BCUT2D eigenvalue weighted by molar-refractivity contribution is 0.283. The summed E-state index contributed by atoms with van der Waals surface area (Å²) in [7, 11) is 2.04. The number of aryl methyl sites for hydroxylation is 1. The van der Waals surface area contributed by atoms with Crippen molar-refractivity contribution in [3.8, 4) is 0 Å².